The van der Waals surface area contributed by atoms with Crippen LogP contribution in [0.15, 0.2) is 24.3 Å². The number of aryl methyl sites for hydroxylation is 1. The van der Waals surface area contributed by atoms with E-state index in [4.69, 9.17) is 10.5 Å². The van der Waals surface area contributed by atoms with E-state index in [1.807, 2.05) is 24.3 Å². The molecule has 0 atom stereocenters. The molecule has 20 heavy (non-hydrogen) atoms. The molecule has 0 fully saturated rings. The van der Waals surface area contributed by atoms with E-state index >= 15 is 0 Å². The number of nitrogens with two attached hydrogens (primary N) is 1. The molecule has 5 heteroatoms. The van der Waals surface area contributed by atoms with Gasteiger partial charge in [0.25, 0.3) is 0 Å². The Hall–Kier alpha value is -2.04. The minimum absolute atomic E-state index is 0.0167. The minimum Gasteiger partial charge on any atom is -0.497 e. The lowest BCUT2D eigenvalue weighted by atomic mass is 10.1. The van der Waals surface area contributed by atoms with Crippen LogP contribution < -0.4 is 15.8 Å². The van der Waals surface area contributed by atoms with Gasteiger partial charge in [-0.05, 0) is 37.0 Å². The van der Waals surface area contributed by atoms with Gasteiger partial charge in [0.1, 0.15) is 5.75 Å². The van der Waals surface area contributed by atoms with Gasteiger partial charge in [0.15, 0.2) is 0 Å². The van der Waals surface area contributed by atoms with E-state index in [0.29, 0.717) is 25.8 Å². The van der Waals surface area contributed by atoms with Crippen molar-refractivity contribution in [3.05, 3.63) is 29.8 Å². The first-order valence-corrected chi connectivity index (χ1v) is 6.79. The van der Waals surface area contributed by atoms with E-state index in [9.17, 15) is 9.59 Å². The number of ether oxygens (including phenoxy) is 1. The summed E-state index contributed by atoms with van der Waals surface area (Å²) in [7, 11) is 1.64. The van der Waals surface area contributed by atoms with Crippen molar-refractivity contribution in [2.24, 2.45) is 5.73 Å². The highest BCUT2D eigenvalue weighted by molar-refractivity contribution is 5.76. The van der Waals surface area contributed by atoms with Crippen molar-refractivity contribution in [2.75, 3.05) is 13.7 Å². The van der Waals surface area contributed by atoms with Gasteiger partial charge in [-0.2, -0.15) is 0 Å². The third-order valence-electron chi connectivity index (χ3n) is 2.95. The monoisotopic (exact) mass is 278 g/mol. The summed E-state index contributed by atoms with van der Waals surface area (Å²) in [5, 5.41) is 2.78. The van der Waals surface area contributed by atoms with Gasteiger partial charge < -0.3 is 15.8 Å². The standard InChI is InChI=1S/C15H22N2O3/c1-20-13-9-7-12(8-10-13)4-2-6-15(19)17-11-3-5-14(16)18/h7-10H,2-6,11H2,1H3,(H2,16,18)(H,17,19). The van der Waals surface area contributed by atoms with Crippen LogP contribution in [-0.4, -0.2) is 25.5 Å². The summed E-state index contributed by atoms with van der Waals surface area (Å²) >= 11 is 0. The molecule has 110 valence electrons. The van der Waals surface area contributed by atoms with Gasteiger partial charge >= 0.3 is 0 Å². The number of methoxy groups -OCH3 is 1. The van der Waals surface area contributed by atoms with Crippen molar-refractivity contribution < 1.29 is 14.3 Å². The zero-order valence-corrected chi connectivity index (χ0v) is 11.9. The van der Waals surface area contributed by atoms with E-state index in [0.717, 1.165) is 18.6 Å². The largest absolute Gasteiger partial charge is 0.497 e. The third kappa shape index (κ3) is 6.78. The molecule has 5 nitrogen and oxygen atoms in total. The van der Waals surface area contributed by atoms with E-state index in [1.165, 1.54) is 5.56 Å². The highest BCUT2D eigenvalue weighted by Crippen LogP contribution is 2.13. The first-order valence-electron chi connectivity index (χ1n) is 6.79. The van der Waals surface area contributed by atoms with Crippen molar-refractivity contribution in [1.29, 1.82) is 0 Å². The molecule has 1 aromatic rings. The predicted molar refractivity (Wildman–Crippen MR) is 77.4 cm³/mol. The van der Waals surface area contributed by atoms with Crippen LogP contribution in [0.1, 0.15) is 31.2 Å². The number of carbonyl (C=O) groups is 2. The Labute approximate surface area is 119 Å². The SMILES string of the molecule is COc1ccc(CCCC(=O)NCCCC(N)=O)cc1. The van der Waals surface area contributed by atoms with Gasteiger partial charge in [-0.25, -0.2) is 0 Å². The lowest BCUT2D eigenvalue weighted by molar-refractivity contribution is -0.122. The number of amides is 2. The number of benzene rings is 1. The maximum absolute atomic E-state index is 11.5. The molecule has 1 aromatic carbocycles. The van der Waals surface area contributed by atoms with Crippen molar-refractivity contribution in [3.8, 4) is 5.75 Å². The van der Waals surface area contributed by atoms with E-state index in [1.54, 1.807) is 7.11 Å². The van der Waals surface area contributed by atoms with Crippen LogP contribution in [0.5, 0.6) is 5.75 Å². The summed E-state index contributed by atoms with van der Waals surface area (Å²) in [4.78, 5) is 22.1. The zero-order valence-electron chi connectivity index (χ0n) is 11.9. The van der Waals surface area contributed by atoms with Crippen LogP contribution in [0.2, 0.25) is 0 Å². The Balaban J connectivity index is 2.13. The van der Waals surface area contributed by atoms with Gasteiger partial charge in [-0.15, -0.1) is 0 Å². The van der Waals surface area contributed by atoms with Crippen LogP contribution >= 0.6 is 0 Å². The van der Waals surface area contributed by atoms with Crippen LogP contribution in [-0.2, 0) is 16.0 Å². The molecule has 0 aliphatic rings. The summed E-state index contributed by atoms with van der Waals surface area (Å²) < 4.78 is 5.09. The topological polar surface area (TPSA) is 81.4 Å². The molecule has 0 radical (unpaired) electrons. The van der Waals surface area contributed by atoms with Crippen LogP contribution in [0, 0.1) is 0 Å². The summed E-state index contributed by atoms with van der Waals surface area (Å²) in [6.07, 6.45) is 3.06. The van der Waals surface area contributed by atoms with Crippen LogP contribution in [0.3, 0.4) is 0 Å². The minimum atomic E-state index is -0.334. The van der Waals surface area contributed by atoms with Gasteiger partial charge in [0, 0.05) is 19.4 Å². The molecule has 0 aliphatic heterocycles. The van der Waals surface area contributed by atoms with Crippen LogP contribution in [0.4, 0.5) is 0 Å². The summed E-state index contributed by atoms with van der Waals surface area (Å²) in [6, 6.07) is 7.84. The average molecular weight is 278 g/mol. The number of hydrogen-bond acceptors (Lipinski definition) is 3. The molecule has 0 aliphatic carbocycles. The van der Waals surface area contributed by atoms with Gasteiger partial charge in [0.05, 0.1) is 7.11 Å². The first kappa shape index (κ1) is 16.0. The Morgan fingerprint density at radius 2 is 1.85 bits per heavy atom. The Bertz CT molecular complexity index is 429. The zero-order chi connectivity index (χ0) is 14.8. The maximum Gasteiger partial charge on any atom is 0.220 e. The summed E-state index contributed by atoms with van der Waals surface area (Å²) in [6.45, 7) is 0.504. The van der Waals surface area contributed by atoms with Crippen molar-refractivity contribution in [1.82, 2.24) is 5.32 Å². The third-order valence-corrected chi connectivity index (χ3v) is 2.95. The molecule has 2 amide bonds. The highest BCUT2D eigenvalue weighted by Gasteiger charge is 2.02. The second kappa shape index (κ2) is 8.96. The Morgan fingerprint density at radius 3 is 2.45 bits per heavy atom. The molecular formula is C15H22N2O3. The molecule has 1 rings (SSSR count). The van der Waals surface area contributed by atoms with E-state index < -0.39 is 0 Å². The number of nitrogens with one attached hydrogen (secondary N) is 1. The highest BCUT2D eigenvalue weighted by atomic mass is 16.5. The number of primary amides is 1. The molecule has 0 heterocycles. The van der Waals surface area contributed by atoms with Gasteiger partial charge in [-0.3, -0.25) is 9.59 Å². The van der Waals surface area contributed by atoms with E-state index in [-0.39, 0.29) is 11.8 Å². The fourth-order valence-corrected chi connectivity index (χ4v) is 1.82. The molecule has 0 saturated carbocycles. The second-order valence-corrected chi connectivity index (χ2v) is 4.62. The molecule has 0 aromatic heterocycles. The second-order valence-electron chi connectivity index (χ2n) is 4.62. The normalized spacial score (nSPS) is 10.1. The smallest absolute Gasteiger partial charge is 0.220 e. The molecule has 0 bridgehead atoms. The summed E-state index contributed by atoms with van der Waals surface area (Å²) in [5.74, 6) is 0.516. The van der Waals surface area contributed by atoms with Gasteiger partial charge in [-0.1, -0.05) is 12.1 Å². The van der Waals surface area contributed by atoms with Crippen molar-refractivity contribution in [2.45, 2.75) is 32.1 Å². The predicted octanol–water partition coefficient (Wildman–Crippen LogP) is 1.40. The van der Waals surface area contributed by atoms with Gasteiger partial charge in [0.2, 0.25) is 11.8 Å². The van der Waals surface area contributed by atoms with Crippen LogP contribution in [0.25, 0.3) is 0 Å². The first-order chi connectivity index (χ1) is 9.61. The molecule has 0 spiro atoms. The Morgan fingerprint density at radius 1 is 1.15 bits per heavy atom. The molecule has 3 N–H and O–H groups in total. The quantitative estimate of drug-likeness (QED) is 0.670. The average Bonchev–Trinajstić information content (AvgIpc) is 2.44. The number of hydrogen-bond donors (Lipinski definition) is 2. The Kier molecular flexibility index (Phi) is 7.17. The molecular weight excluding hydrogens is 256 g/mol. The molecule has 0 saturated heterocycles. The molecule has 0 unspecified atom stereocenters. The fourth-order valence-electron chi connectivity index (χ4n) is 1.82. The van der Waals surface area contributed by atoms with Crippen molar-refractivity contribution >= 4 is 11.8 Å². The lowest BCUT2D eigenvalue weighted by Crippen LogP contribution is -2.25. The van der Waals surface area contributed by atoms with E-state index in [2.05, 4.69) is 5.32 Å². The lowest BCUT2D eigenvalue weighted by Gasteiger charge is -2.05. The fraction of sp³-hybridized carbons (Fsp3) is 0.467. The van der Waals surface area contributed by atoms with Crippen molar-refractivity contribution in [3.63, 3.8) is 0 Å². The maximum atomic E-state index is 11.5. The number of carbonyl (C=O) groups excluding carboxylic acids is 2. The number of rotatable bonds is 9. The summed E-state index contributed by atoms with van der Waals surface area (Å²) in [5.41, 5.74) is 6.20.